The van der Waals surface area contributed by atoms with Gasteiger partial charge in [-0.15, -0.1) is 8.67 Å². The van der Waals surface area contributed by atoms with Crippen molar-refractivity contribution in [1.29, 1.82) is 0 Å². The molecule has 0 amide bonds. The number of hydrogen-bond donors (Lipinski definition) is 2. The molecule has 0 atom stereocenters. The van der Waals surface area contributed by atoms with Crippen molar-refractivity contribution >= 4 is 38.1 Å². The Morgan fingerprint density at radius 2 is 1.06 bits per heavy atom. The third-order valence-electron chi connectivity index (χ3n) is 0.194. The van der Waals surface area contributed by atoms with Gasteiger partial charge in [0.1, 0.15) is 0 Å². The molecular weight excluding hydrogens is 342 g/mol. The van der Waals surface area contributed by atoms with E-state index in [0.717, 1.165) is 0 Å². The molecule has 0 aromatic heterocycles. The summed E-state index contributed by atoms with van der Waals surface area (Å²) in [5.74, 6) is 0. The predicted molar refractivity (Wildman–Crippen MR) is 42.5 cm³/mol. The second kappa shape index (κ2) is 12.7. The fraction of sp³-hybridized carbons (Fsp3) is 0. The molecule has 0 radical (unpaired) electrons. The van der Waals surface area contributed by atoms with E-state index in [1.54, 1.807) is 0 Å². The van der Waals surface area contributed by atoms with Crippen LogP contribution in [0.5, 0.6) is 0 Å². The number of hydrogen-bond acceptors (Lipinski definition) is 9. The van der Waals surface area contributed by atoms with Crippen LogP contribution < -0.4 is 114 Å². The van der Waals surface area contributed by atoms with Crippen molar-refractivity contribution in [2.45, 2.75) is 0 Å². The molecule has 4 N–H and O–H groups in total. The number of rotatable bonds is 3. The summed E-state index contributed by atoms with van der Waals surface area (Å²) in [5.41, 5.74) is 9.24. The molecule has 0 aliphatic rings. The number of thiocarbonyl (C=S) groups is 1. The topological polar surface area (TPSA) is 185 Å². The van der Waals surface area contributed by atoms with Gasteiger partial charge in [-0.2, -0.15) is 0 Å². The van der Waals surface area contributed by atoms with E-state index in [9.17, 15) is 25.9 Å². The molecule has 0 rings (SSSR count). The molecule has 0 aliphatic heterocycles. The summed E-state index contributed by atoms with van der Waals surface area (Å²) in [6, 6.07) is 0. The van der Waals surface area contributed by atoms with Gasteiger partial charge < -0.3 is 20.6 Å². The third kappa shape index (κ3) is 43.7. The molecule has 0 fully saturated rings. The van der Waals surface area contributed by atoms with E-state index in [1.165, 1.54) is 0 Å². The SMILES string of the molecule is NC(N)=S.O=S(=O)([O-])OOS(=O)(=O)[O-].[K+].[K+]. The molecule has 0 saturated carbocycles. The van der Waals surface area contributed by atoms with E-state index >= 15 is 0 Å². The van der Waals surface area contributed by atoms with Crippen molar-refractivity contribution in [3.63, 3.8) is 0 Å². The van der Waals surface area contributed by atoms with Crippen LogP contribution in [0.15, 0.2) is 0 Å². The van der Waals surface area contributed by atoms with Crippen LogP contribution in [-0.4, -0.2) is 31.1 Å². The summed E-state index contributed by atoms with van der Waals surface area (Å²) in [4.78, 5) is 0. The smallest absolute Gasteiger partial charge is 0.724 e. The van der Waals surface area contributed by atoms with E-state index in [4.69, 9.17) is 0 Å². The first-order valence-electron chi connectivity index (χ1n) is 2.28. The molecule has 0 aromatic rings. The Hall–Kier alpha value is 2.70. The average Bonchev–Trinajstić information content (AvgIpc) is 1.79. The van der Waals surface area contributed by atoms with Crippen molar-refractivity contribution in [2.75, 3.05) is 0 Å². The van der Waals surface area contributed by atoms with Crippen LogP contribution in [-0.2, 0) is 29.5 Å². The molecule has 0 spiro atoms. The Kier molecular flexibility index (Phi) is 21.6. The molecule has 0 bridgehead atoms. The Labute approximate surface area is 182 Å². The summed E-state index contributed by atoms with van der Waals surface area (Å²) in [7, 11) is -10.6. The molecule has 15 heteroatoms. The van der Waals surface area contributed by atoms with Gasteiger partial charge in [-0.05, 0) is 12.2 Å². The minimum atomic E-state index is -5.31. The van der Waals surface area contributed by atoms with Crippen molar-refractivity contribution in [2.24, 2.45) is 11.5 Å². The van der Waals surface area contributed by atoms with Gasteiger partial charge in [-0.25, -0.2) is 16.8 Å². The molecular formula is CH4K2N2O8S3. The Morgan fingerprint density at radius 3 is 1.12 bits per heavy atom. The monoisotopic (exact) mass is 346 g/mol. The Balaban J connectivity index is -0.000000105. The summed E-state index contributed by atoms with van der Waals surface area (Å²) in [6.45, 7) is 0. The fourth-order valence-electron chi connectivity index (χ4n) is 0.0680. The van der Waals surface area contributed by atoms with Crippen LogP contribution in [0, 0.1) is 0 Å². The van der Waals surface area contributed by atoms with Gasteiger partial charge in [-0.3, -0.25) is 0 Å². The maximum Gasteiger partial charge on any atom is 1.00 e. The molecule has 0 aromatic carbocycles. The van der Waals surface area contributed by atoms with E-state index in [1.807, 2.05) is 0 Å². The van der Waals surface area contributed by atoms with Gasteiger partial charge in [0.15, 0.2) is 5.11 Å². The maximum atomic E-state index is 9.37. The van der Waals surface area contributed by atoms with Gasteiger partial charge in [0.05, 0.1) is 0 Å². The van der Waals surface area contributed by atoms with Crippen LogP contribution in [0.4, 0.5) is 0 Å². The van der Waals surface area contributed by atoms with Crippen molar-refractivity contribution in [3.8, 4) is 0 Å². The number of nitrogens with two attached hydrogens (primary N) is 2. The van der Waals surface area contributed by atoms with Gasteiger partial charge in [0.25, 0.3) is 0 Å². The summed E-state index contributed by atoms with van der Waals surface area (Å²) >= 11 is 4.09. The third-order valence-corrected chi connectivity index (χ3v) is 0.750. The second-order valence-electron chi connectivity index (χ2n) is 1.35. The Bertz CT molecular complexity index is 338. The van der Waals surface area contributed by atoms with E-state index < -0.39 is 20.8 Å². The fourth-order valence-corrected chi connectivity index (χ4v) is 0.612. The summed E-state index contributed by atoms with van der Waals surface area (Å²) in [6.07, 6.45) is 0. The van der Waals surface area contributed by atoms with Crippen LogP contribution in [0.3, 0.4) is 0 Å². The first-order valence-corrected chi connectivity index (χ1v) is 5.36. The van der Waals surface area contributed by atoms with E-state index in [-0.39, 0.29) is 108 Å². The zero-order valence-corrected chi connectivity index (χ0v) is 16.8. The molecule has 0 heterocycles. The van der Waals surface area contributed by atoms with E-state index in [0.29, 0.717) is 0 Å². The first-order chi connectivity index (χ1) is 5.94. The van der Waals surface area contributed by atoms with Crippen LogP contribution in [0.1, 0.15) is 0 Å². The predicted octanol–water partition coefficient (Wildman–Crippen LogP) is -8.95. The van der Waals surface area contributed by atoms with Crippen LogP contribution in [0.2, 0.25) is 0 Å². The van der Waals surface area contributed by atoms with E-state index in [2.05, 4.69) is 32.4 Å². The van der Waals surface area contributed by atoms with Gasteiger partial charge >= 0.3 is 103 Å². The van der Waals surface area contributed by atoms with Gasteiger partial charge in [-0.1, -0.05) is 0 Å². The van der Waals surface area contributed by atoms with Crippen molar-refractivity contribution in [3.05, 3.63) is 0 Å². The average molecular weight is 346 g/mol. The maximum absolute atomic E-state index is 9.37. The van der Waals surface area contributed by atoms with Crippen LogP contribution >= 0.6 is 12.2 Å². The zero-order chi connectivity index (χ0) is 12.0. The first kappa shape index (κ1) is 27.1. The molecule has 16 heavy (non-hydrogen) atoms. The molecule has 86 valence electrons. The van der Waals surface area contributed by atoms with Crippen molar-refractivity contribution in [1.82, 2.24) is 0 Å². The second-order valence-corrected chi connectivity index (χ2v) is 3.73. The minimum Gasteiger partial charge on any atom is -0.724 e. The Morgan fingerprint density at radius 1 is 0.938 bits per heavy atom. The molecule has 0 saturated heterocycles. The van der Waals surface area contributed by atoms with Crippen molar-refractivity contribution < 1.29 is 137 Å². The quantitative estimate of drug-likeness (QED) is 0.123. The van der Waals surface area contributed by atoms with Gasteiger partial charge in [0, 0.05) is 0 Å². The minimum absolute atomic E-state index is 0. The molecule has 0 aliphatic carbocycles. The summed E-state index contributed by atoms with van der Waals surface area (Å²) < 4.78 is 61.5. The summed E-state index contributed by atoms with van der Waals surface area (Å²) in [5, 5.41) is 0.000000000000000222. The van der Waals surface area contributed by atoms with Gasteiger partial charge in [0.2, 0.25) is 20.8 Å². The largest absolute Gasteiger partial charge is 1.00 e. The van der Waals surface area contributed by atoms with Crippen LogP contribution in [0.25, 0.3) is 0 Å². The molecule has 10 nitrogen and oxygen atoms in total. The molecule has 0 unspecified atom stereocenters. The normalized spacial score (nSPS) is 9.88. The standard InChI is InChI=1S/CH4N2S.2K.H2O8S2/c2-1(3)4;;;1-9(2,3)7-8-10(4,5)6/h(H4,2,3,4);;;(H,1,2,3)(H,4,5,6)/q;2*+1;/p-2. The zero-order valence-electron chi connectivity index (χ0n) is 8.15.